The molecule has 0 bridgehead atoms. The van der Waals surface area contributed by atoms with E-state index < -0.39 is 20.3 Å². The Morgan fingerprint density at radius 1 is 0.590 bits per heavy atom. The normalized spacial score (nSPS) is 13.0. The minimum absolute atomic E-state index is 0.388. The molecule has 0 fully saturated rings. The number of hydrogen-bond donors (Lipinski definition) is 6. The van der Waals surface area contributed by atoms with Gasteiger partial charge in [0.2, 0.25) is 0 Å². The minimum Gasteiger partial charge on any atom is -0.399 e. The lowest BCUT2D eigenvalue weighted by molar-refractivity contribution is 0.582. The average Bonchev–Trinajstić information content (AvgIpc) is 2.93. The summed E-state index contributed by atoms with van der Waals surface area (Å²) in [7, 11) is -4.06. The Balaban J connectivity index is 2.02. The van der Waals surface area contributed by atoms with Crippen LogP contribution in [0.3, 0.4) is 0 Å². The molecule has 10 N–H and O–H groups in total. The van der Waals surface area contributed by atoms with Crippen LogP contribution in [0.25, 0.3) is 0 Å². The van der Waals surface area contributed by atoms with E-state index >= 15 is 8.42 Å². The van der Waals surface area contributed by atoms with Gasteiger partial charge < -0.3 is 33.6 Å². The van der Waals surface area contributed by atoms with Gasteiger partial charge in [-0.3, -0.25) is 0 Å². The number of nitrogens with two attached hydrogens (primary N) is 4. The highest BCUT2D eigenvalue weighted by Crippen LogP contribution is 2.46. The van der Waals surface area contributed by atoms with Gasteiger partial charge in [0, 0.05) is 48.9 Å². The van der Waals surface area contributed by atoms with E-state index in [1.54, 1.807) is 36.4 Å². The molecule has 4 rings (SSSR count). The molecule has 0 aromatic heterocycles. The zero-order chi connectivity index (χ0) is 27.8. The minimum atomic E-state index is -4.06. The van der Waals surface area contributed by atoms with E-state index in [-0.39, 0.29) is 0 Å². The predicted octanol–water partition coefficient (Wildman–Crippen LogP) is 3.89. The van der Waals surface area contributed by atoms with E-state index in [9.17, 15) is 0 Å². The highest BCUT2D eigenvalue weighted by molar-refractivity contribution is 7.92. The van der Waals surface area contributed by atoms with Crippen molar-refractivity contribution in [1.29, 1.82) is 0 Å². The topological polar surface area (TPSA) is 162 Å². The van der Waals surface area contributed by atoms with Crippen LogP contribution >= 0.6 is 0 Å². The second-order valence-electron chi connectivity index (χ2n) is 9.29. The summed E-state index contributed by atoms with van der Waals surface area (Å²) < 4.78 is 30.2. The predicted molar refractivity (Wildman–Crippen MR) is 162 cm³/mol. The summed E-state index contributed by atoms with van der Waals surface area (Å²) in [4.78, 5) is 0. The van der Waals surface area contributed by atoms with Gasteiger partial charge in [-0.1, -0.05) is 60.7 Å². The smallest absolute Gasteiger partial charge is 0.172 e. The van der Waals surface area contributed by atoms with E-state index in [1.165, 1.54) is 0 Å². The molecule has 4 aromatic rings. The zero-order valence-electron chi connectivity index (χ0n) is 21.8. The fraction of sp³-hybridized carbons (Fsp3) is 0.200. The monoisotopic (exact) mass is 544 g/mol. The van der Waals surface area contributed by atoms with Crippen LogP contribution in [0.5, 0.6) is 0 Å². The highest BCUT2D eigenvalue weighted by Gasteiger charge is 2.40. The van der Waals surface area contributed by atoms with Gasteiger partial charge >= 0.3 is 0 Å². The quantitative estimate of drug-likeness (QED) is 0.146. The molecule has 39 heavy (non-hydrogen) atoms. The lowest BCUT2D eigenvalue weighted by Gasteiger charge is -2.29. The van der Waals surface area contributed by atoms with Gasteiger partial charge in [0.15, 0.2) is 9.84 Å². The first-order valence-corrected chi connectivity index (χ1v) is 14.5. The molecule has 0 radical (unpaired) electrons. The summed E-state index contributed by atoms with van der Waals surface area (Å²) in [6.45, 7) is 1.73. The highest BCUT2D eigenvalue weighted by atomic mass is 32.2. The molecule has 4 aromatic carbocycles. The van der Waals surface area contributed by atoms with Crippen molar-refractivity contribution in [2.24, 2.45) is 11.5 Å². The fourth-order valence-corrected chi connectivity index (χ4v) is 7.26. The van der Waals surface area contributed by atoms with E-state index in [0.717, 1.165) is 0 Å². The molecule has 0 spiro atoms. The Morgan fingerprint density at radius 3 is 1.33 bits per heavy atom. The number of anilines is 4. The number of nitrogens with one attached hydrogen (secondary N) is 2. The zero-order valence-corrected chi connectivity index (χ0v) is 22.6. The van der Waals surface area contributed by atoms with E-state index in [0.29, 0.717) is 71.2 Å². The molecule has 0 saturated heterocycles. The fourth-order valence-electron chi connectivity index (χ4n) is 4.82. The van der Waals surface area contributed by atoms with Gasteiger partial charge in [0.05, 0.1) is 0 Å². The number of nitrogen functional groups attached to an aromatic ring is 2. The molecule has 0 aliphatic heterocycles. The summed E-state index contributed by atoms with van der Waals surface area (Å²) in [5.41, 5.74) is 28.6. The van der Waals surface area contributed by atoms with Gasteiger partial charge in [-0.05, 0) is 58.7 Å². The van der Waals surface area contributed by atoms with Crippen LogP contribution in [0.1, 0.15) is 32.8 Å². The second kappa shape index (κ2) is 12.7. The van der Waals surface area contributed by atoms with Gasteiger partial charge in [0.25, 0.3) is 0 Å². The van der Waals surface area contributed by atoms with Crippen molar-refractivity contribution < 1.29 is 8.42 Å². The molecule has 8 nitrogen and oxygen atoms in total. The maximum Gasteiger partial charge on any atom is 0.172 e. The molecule has 2 atom stereocenters. The SMILES string of the molecule is NCCNc1ccc(N)cc1C(c1ccccc1)S(=O)(=O)C(c1ccccc1)c1cc(N)ccc1NCCN. The lowest BCUT2D eigenvalue weighted by atomic mass is 10.0. The van der Waals surface area contributed by atoms with Crippen LogP contribution in [0.15, 0.2) is 97.1 Å². The first kappa shape index (κ1) is 28.0. The molecule has 204 valence electrons. The molecule has 0 aliphatic carbocycles. The molecule has 0 heterocycles. The van der Waals surface area contributed by atoms with E-state index in [2.05, 4.69) is 10.6 Å². The van der Waals surface area contributed by atoms with Crippen LogP contribution in [0.4, 0.5) is 22.7 Å². The Labute approximate surface area is 230 Å². The van der Waals surface area contributed by atoms with Crippen LogP contribution in [-0.4, -0.2) is 34.6 Å². The van der Waals surface area contributed by atoms with Crippen LogP contribution in [0.2, 0.25) is 0 Å². The van der Waals surface area contributed by atoms with Crippen LogP contribution in [-0.2, 0) is 9.84 Å². The van der Waals surface area contributed by atoms with Crippen molar-refractivity contribution in [2.75, 3.05) is 48.3 Å². The van der Waals surface area contributed by atoms with Crippen molar-refractivity contribution in [3.63, 3.8) is 0 Å². The first-order chi connectivity index (χ1) is 18.9. The average molecular weight is 545 g/mol. The van der Waals surface area contributed by atoms with Crippen molar-refractivity contribution in [2.45, 2.75) is 10.5 Å². The third-order valence-electron chi connectivity index (χ3n) is 6.50. The molecular weight excluding hydrogens is 508 g/mol. The molecule has 2 unspecified atom stereocenters. The number of benzene rings is 4. The standard InChI is InChI=1S/C30H36N6O2S/c31-15-17-35-27-13-11-23(33)19-25(27)29(21-7-3-1-4-8-21)39(37,38)30(22-9-5-2-6-10-22)26-20-24(34)12-14-28(26)36-18-16-32/h1-14,19-20,29-30,35-36H,15-18,31-34H2. The summed E-state index contributed by atoms with van der Waals surface area (Å²) in [6, 6.07) is 28.9. The third kappa shape index (κ3) is 6.34. The van der Waals surface area contributed by atoms with Gasteiger partial charge in [-0.25, -0.2) is 8.42 Å². The maximum absolute atomic E-state index is 15.1. The largest absolute Gasteiger partial charge is 0.399 e. The number of rotatable bonds is 12. The summed E-state index contributed by atoms with van der Waals surface area (Å²) >= 11 is 0. The van der Waals surface area contributed by atoms with Gasteiger partial charge in [-0.2, -0.15) is 0 Å². The van der Waals surface area contributed by atoms with E-state index in [1.807, 2.05) is 60.7 Å². The maximum atomic E-state index is 15.1. The van der Waals surface area contributed by atoms with E-state index in [4.69, 9.17) is 22.9 Å². The van der Waals surface area contributed by atoms with Crippen LogP contribution < -0.4 is 33.6 Å². The summed E-state index contributed by atoms with van der Waals surface area (Å²) in [5.74, 6) is 0. The second-order valence-corrected chi connectivity index (χ2v) is 11.4. The van der Waals surface area contributed by atoms with Crippen molar-refractivity contribution >= 4 is 32.6 Å². The van der Waals surface area contributed by atoms with Crippen molar-refractivity contribution in [1.82, 2.24) is 0 Å². The summed E-state index contributed by atoms with van der Waals surface area (Å²) in [6.07, 6.45) is 0. The molecular formula is C30H36N6O2S. The third-order valence-corrected chi connectivity index (χ3v) is 8.86. The number of hydrogen-bond acceptors (Lipinski definition) is 8. The molecule has 0 aliphatic rings. The lowest BCUT2D eigenvalue weighted by Crippen LogP contribution is -2.26. The number of sulfone groups is 1. The summed E-state index contributed by atoms with van der Waals surface area (Å²) in [5, 5.41) is 4.49. The van der Waals surface area contributed by atoms with Gasteiger partial charge in [0.1, 0.15) is 10.5 Å². The molecule has 9 heteroatoms. The molecule has 0 saturated carbocycles. The van der Waals surface area contributed by atoms with Gasteiger partial charge in [-0.15, -0.1) is 0 Å². The van der Waals surface area contributed by atoms with Crippen molar-refractivity contribution in [3.8, 4) is 0 Å². The molecule has 0 amide bonds. The Bertz CT molecular complexity index is 1370. The van der Waals surface area contributed by atoms with Crippen LogP contribution in [0, 0.1) is 0 Å². The Kier molecular flexibility index (Phi) is 9.08. The first-order valence-electron chi connectivity index (χ1n) is 12.9. The Hall–Kier alpha value is -4.05. The van der Waals surface area contributed by atoms with Crippen molar-refractivity contribution in [3.05, 3.63) is 119 Å². The Morgan fingerprint density at radius 2 is 0.974 bits per heavy atom.